The number of aromatic nitrogens is 1. The number of aryl methyl sites for hydroxylation is 2. The number of nitriles is 1. The molecule has 3 aromatic rings. The van der Waals surface area contributed by atoms with Gasteiger partial charge in [-0.3, -0.25) is 0 Å². The van der Waals surface area contributed by atoms with Crippen molar-refractivity contribution < 1.29 is 12.8 Å². The molecule has 1 aliphatic rings. The Morgan fingerprint density at radius 1 is 1.03 bits per heavy atom. The molecule has 0 saturated carbocycles. The molecule has 8 heteroatoms. The second kappa shape index (κ2) is 8.99. The maximum Gasteiger partial charge on any atom is 0.243 e. The minimum atomic E-state index is -3.58. The number of anilines is 1. The van der Waals surface area contributed by atoms with Gasteiger partial charge in [0.05, 0.1) is 4.90 Å². The van der Waals surface area contributed by atoms with Crippen LogP contribution in [0, 0.1) is 25.2 Å². The first-order chi connectivity index (χ1) is 15.4. The van der Waals surface area contributed by atoms with Crippen LogP contribution >= 0.6 is 0 Å². The maximum absolute atomic E-state index is 13.1. The summed E-state index contributed by atoms with van der Waals surface area (Å²) in [6.45, 7) is 5.18. The molecule has 4 rings (SSSR count). The van der Waals surface area contributed by atoms with E-state index < -0.39 is 10.0 Å². The monoisotopic (exact) mass is 448 g/mol. The molecule has 32 heavy (non-hydrogen) atoms. The van der Waals surface area contributed by atoms with Crippen molar-refractivity contribution in [1.82, 2.24) is 9.29 Å². The number of benzene rings is 2. The molecule has 0 N–H and O–H groups in total. The van der Waals surface area contributed by atoms with Crippen LogP contribution in [0.25, 0.3) is 12.2 Å². The van der Waals surface area contributed by atoms with Crippen molar-refractivity contribution in [1.29, 1.82) is 5.26 Å². The van der Waals surface area contributed by atoms with Crippen LogP contribution in [0.3, 0.4) is 0 Å². The second-order valence-electron chi connectivity index (χ2n) is 7.72. The predicted molar refractivity (Wildman–Crippen MR) is 123 cm³/mol. The van der Waals surface area contributed by atoms with Gasteiger partial charge >= 0.3 is 0 Å². The highest BCUT2D eigenvalue weighted by Gasteiger charge is 2.31. The highest BCUT2D eigenvalue weighted by molar-refractivity contribution is 7.89. The third-order valence-electron chi connectivity index (χ3n) is 5.42. The SMILES string of the molecule is Cc1ccc(S(=O)(=O)N2CCN(c3oc(C=Cc4ccccc4)nc3C#N)CC2)c(C)c1. The van der Waals surface area contributed by atoms with Crippen molar-refractivity contribution >= 4 is 28.1 Å². The Morgan fingerprint density at radius 3 is 2.41 bits per heavy atom. The largest absolute Gasteiger partial charge is 0.420 e. The zero-order valence-electron chi connectivity index (χ0n) is 18.0. The normalized spacial score (nSPS) is 15.2. The van der Waals surface area contributed by atoms with Crippen molar-refractivity contribution in [3.8, 4) is 6.07 Å². The van der Waals surface area contributed by atoms with Gasteiger partial charge in [0.2, 0.25) is 27.5 Å². The van der Waals surface area contributed by atoms with E-state index in [1.54, 1.807) is 12.1 Å². The Kier molecular flexibility index (Phi) is 6.12. The Bertz CT molecular complexity index is 1280. The minimum Gasteiger partial charge on any atom is -0.420 e. The third-order valence-corrected chi connectivity index (χ3v) is 7.48. The molecule has 0 aliphatic carbocycles. The molecule has 1 aromatic heterocycles. The first-order valence-electron chi connectivity index (χ1n) is 10.3. The molecule has 0 unspecified atom stereocenters. The van der Waals surface area contributed by atoms with Gasteiger partial charge in [-0.1, -0.05) is 48.0 Å². The molecule has 1 saturated heterocycles. The fourth-order valence-electron chi connectivity index (χ4n) is 3.78. The van der Waals surface area contributed by atoms with Gasteiger partial charge in [0.1, 0.15) is 6.07 Å². The van der Waals surface area contributed by atoms with Crippen molar-refractivity contribution in [3.63, 3.8) is 0 Å². The standard InChI is InChI=1S/C24H24N4O3S/c1-18-8-10-22(19(2)16-18)32(29,30)28-14-12-27(13-15-28)24-21(17-25)26-23(31-24)11-9-20-6-4-3-5-7-20/h3-11,16H,12-15H2,1-2H3. The molecule has 1 fully saturated rings. The van der Waals surface area contributed by atoms with Gasteiger partial charge in [-0.05, 0) is 37.1 Å². The van der Waals surface area contributed by atoms with E-state index in [9.17, 15) is 13.7 Å². The molecule has 0 atom stereocenters. The number of hydrogen-bond donors (Lipinski definition) is 0. The third kappa shape index (κ3) is 4.44. The van der Waals surface area contributed by atoms with Gasteiger partial charge in [-0.25, -0.2) is 8.42 Å². The molecule has 0 radical (unpaired) electrons. The lowest BCUT2D eigenvalue weighted by Gasteiger charge is -2.34. The lowest BCUT2D eigenvalue weighted by molar-refractivity contribution is 0.373. The summed E-state index contributed by atoms with van der Waals surface area (Å²) < 4.78 is 33.6. The highest BCUT2D eigenvalue weighted by atomic mass is 32.2. The zero-order valence-corrected chi connectivity index (χ0v) is 18.8. The van der Waals surface area contributed by atoms with Crippen molar-refractivity contribution in [2.75, 3.05) is 31.1 Å². The molecule has 7 nitrogen and oxygen atoms in total. The van der Waals surface area contributed by atoms with Gasteiger partial charge in [-0.15, -0.1) is 0 Å². The quantitative estimate of drug-likeness (QED) is 0.589. The fraction of sp³-hybridized carbons (Fsp3) is 0.250. The van der Waals surface area contributed by atoms with E-state index in [1.165, 1.54) is 4.31 Å². The number of nitrogens with zero attached hydrogens (tertiary/aromatic N) is 4. The smallest absolute Gasteiger partial charge is 0.243 e. The Labute approximate surface area is 188 Å². The first-order valence-corrected chi connectivity index (χ1v) is 11.8. The molecule has 0 bridgehead atoms. The zero-order chi connectivity index (χ0) is 22.7. The predicted octanol–water partition coefficient (Wildman–Crippen LogP) is 3.84. The average Bonchev–Trinajstić information content (AvgIpc) is 3.21. The summed E-state index contributed by atoms with van der Waals surface area (Å²) in [4.78, 5) is 6.48. The molecule has 2 aromatic carbocycles. The van der Waals surface area contributed by atoms with Crippen LogP contribution in [0.15, 0.2) is 57.8 Å². The van der Waals surface area contributed by atoms with E-state index in [1.807, 2.05) is 67.3 Å². The molecule has 164 valence electrons. The minimum absolute atomic E-state index is 0.198. The van der Waals surface area contributed by atoms with Crippen LogP contribution in [-0.2, 0) is 10.0 Å². The lowest BCUT2D eigenvalue weighted by Crippen LogP contribution is -2.48. The molecule has 2 heterocycles. The maximum atomic E-state index is 13.1. The van der Waals surface area contributed by atoms with E-state index >= 15 is 0 Å². The summed E-state index contributed by atoms with van der Waals surface area (Å²) >= 11 is 0. The van der Waals surface area contributed by atoms with E-state index in [0.717, 1.165) is 16.7 Å². The fourth-order valence-corrected chi connectivity index (χ4v) is 5.41. The number of oxazole rings is 1. The second-order valence-corrected chi connectivity index (χ2v) is 9.63. The molecular weight excluding hydrogens is 424 g/mol. The molecule has 0 amide bonds. The van der Waals surface area contributed by atoms with Crippen molar-refractivity contribution in [2.24, 2.45) is 0 Å². The molecule has 0 spiro atoms. The highest BCUT2D eigenvalue weighted by Crippen LogP contribution is 2.27. The summed E-state index contributed by atoms with van der Waals surface area (Å²) in [7, 11) is -3.58. The van der Waals surface area contributed by atoms with Gasteiger partial charge in [0.25, 0.3) is 0 Å². The Hall–Kier alpha value is -3.41. The Morgan fingerprint density at radius 2 is 1.75 bits per heavy atom. The number of piperazine rings is 1. The van der Waals surface area contributed by atoms with Crippen LogP contribution in [0.5, 0.6) is 0 Å². The number of sulfonamides is 1. The summed E-state index contributed by atoms with van der Waals surface area (Å²) in [6, 6.07) is 17.2. The molecular formula is C24H24N4O3S. The van der Waals surface area contributed by atoms with Crippen LogP contribution in [0.2, 0.25) is 0 Å². The van der Waals surface area contributed by atoms with Crippen LogP contribution < -0.4 is 4.90 Å². The number of rotatable bonds is 5. The van der Waals surface area contributed by atoms with Crippen LogP contribution in [0.1, 0.15) is 28.3 Å². The van der Waals surface area contributed by atoms with E-state index in [0.29, 0.717) is 42.8 Å². The van der Waals surface area contributed by atoms with Crippen molar-refractivity contribution in [2.45, 2.75) is 18.7 Å². The van der Waals surface area contributed by atoms with E-state index in [4.69, 9.17) is 4.42 Å². The van der Waals surface area contributed by atoms with Crippen LogP contribution in [-0.4, -0.2) is 43.9 Å². The summed E-state index contributed by atoms with van der Waals surface area (Å²) in [6.07, 6.45) is 3.59. The lowest BCUT2D eigenvalue weighted by atomic mass is 10.2. The van der Waals surface area contributed by atoms with Crippen molar-refractivity contribution in [3.05, 3.63) is 76.8 Å². The van der Waals surface area contributed by atoms with E-state index in [-0.39, 0.29) is 5.69 Å². The first kappa shape index (κ1) is 21.8. The Balaban J connectivity index is 1.49. The van der Waals surface area contributed by atoms with Crippen LogP contribution in [0.4, 0.5) is 5.88 Å². The summed E-state index contributed by atoms with van der Waals surface area (Å²) in [5.41, 5.74) is 2.96. The topological polar surface area (TPSA) is 90.4 Å². The van der Waals surface area contributed by atoms with Gasteiger partial charge < -0.3 is 9.32 Å². The summed E-state index contributed by atoms with van der Waals surface area (Å²) in [5.74, 6) is 0.717. The van der Waals surface area contributed by atoms with E-state index in [2.05, 4.69) is 11.1 Å². The van der Waals surface area contributed by atoms with Gasteiger partial charge in [-0.2, -0.15) is 14.6 Å². The van der Waals surface area contributed by atoms with Gasteiger partial charge in [0, 0.05) is 32.3 Å². The summed E-state index contributed by atoms with van der Waals surface area (Å²) in [5, 5.41) is 9.50. The number of hydrogen-bond acceptors (Lipinski definition) is 6. The van der Waals surface area contributed by atoms with Gasteiger partial charge in [0.15, 0.2) is 0 Å². The molecule has 1 aliphatic heterocycles. The average molecular weight is 449 g/mol.